The number of fused-ring (bicyclic) bond motifs is 2. The van der Waals surface area contributed by atoms with E-state index in [2.05, 4.69) is 27.7 Å². The van der Waals surface area contributed by atoms with Crippen molar-refractivity contribution in [2.45, 2.75) is 71.0 Å². The van der Waals surface area contributed by atoms with Crippen molar-refractivity contribution in [2.24, 2.45) is 23.7 Å². The molecule has 5 atom stereocenters. The lowest BCUT2D eigenvalue weighted by Gasteiger charge is -2.47. The summed E-state index contributed by atoms with van der Waals surface area (Å²) < 4.78 is 6.55. The Bertz CT molecular complexity index is 296. The fourth-order valence-corrected chi connectivity index (χ4v) is 4.96. The van der Waals surface area contributed by atoms with Crippen molar-refractivity contribution in [3.8, 4) is 0 Å². The number of hydrogen-bond acceptors (Lipinski definition) is 1. The minimum absolute atomic E-state index is 0.122. The summed E-state index contributed by atoms with van der Waals surface area (Å²) in [5.41, 5.74) is 0.309. The van der Waals surface area contributed by atoms with Crippen LogP contribution >= 0.6 is 0 Å². The lowest BCUT2D eigenvalue weighted by atomic mass is 9.78. The highest BCUT2D eigenvalue weighted by atomic mass is 16.5. The average molecular weight is 222 g/mol. The Kier molecular flexibility index (Phi) is 2.25. The molecule has 4 aliphatic rings. The largest absolute Gasteiger partial charge is 0.369 e. The van der Waals surface area contributed by atoms with Crippen LogP contribution in [0, 0.1) is 23.7 Å². The number of ether oxygens (including phenoxy) is 1. The molecule has 1 heteroatoms. The molecule has 2 heterocycles. The van der Waals surface area contributed by atoms with Gasteiger partial charge < -0.3 is 4.74 Å². The summed E-state index contributed by atoms with van der Waals surface area (Å²) in [6.07, 6.45) is 6.96. The van der Waals surface area contributed by atoms with E-state index in [1.807, 2.05) is 0 Å². The van der Waals surface area contributed by atoms with Gasteiger partial charge >= 0.3 is 0 Å². The van der Waals surface area contributed by atoms with Gasteiger partial charge in [0.1, 0.15) is 0 Å². The van der Waals surface area contributed by atoms with Crippen LogP contribution in [0.5, 0.6) is 0 Å². The zero-order chi connectivity index (χ0) is 11.6. The lowest BCUT2D eigenvalue weighted by molar-refractivity contribution is -0.199. The Morgan fingerprint density at radius 2 is 1.81 bits per heavy atom. The fourth-order valence-electron chi connectivity index (χ4n) is 4.96. The van der Waals surface area contributed by atoms with Crippen LogP contribution in [0.1, 0.15) is 59.8 Å². The molecule has 0 aromatic rings. The predicted octanol–water partition coefficient (Wildman–Crippen LogP) is 4.02. The van der Waals surface area contributed by atoms with Crippen LogP contribution in [-0.4, -0.2) is 11.2 Å². The third-order valence-electron chi connectivity index (χ3n) is 5.99. The van der Waals surface area contributed by atoms with Gasteiger partial charge in [0.25, 0.3) is 0 Å². The first-order valence-electron chi connectivity index (χ1n) is 7.12. The van der Waals surface area contributed by atoms with Crippen LogP contribution in [0.2, 0.25) is 0 Å². The van der Waals surface area contributed by atoms with Gasteiger partial charge in [-0.15, -0.1) is 0 Å². The summed E-state index contributed by atoms with van der Waals surface area (Å²) in [4.78, 5) is 0. The van der Waals surface area contributed by atoms with Crippen LogP contribution in [0.4, 0.5) is 0 Å². The van der Waals surface area contributed by atoms with Crippen molar-refractivity contribution in [3.05, 3.63) is 0 Å². The second-order valence-electron chi connectivity index (χ2n) is 7.31. The van der Waals surface area contributed by atoms with Gasteiger partial charge in [-0.05, 0) is 70.1 Å². The Morgan fingerprint density at radius 1 is 1.06 bits per heavy atom. The van der Waals surface area contributed by atoms with Gasteiger partial charge in [0.05, 0.1) is 11.2 Å². The van der Waals surface area contributed by atoms with E-state index in [9.17, 15) is 0 Å². The molecule has 4 fully saturated rings. The van der Waals surface area contributed by atoms with Crippen molar-refractivity contribution in [2.75, 3.05) is 0 Å². The molecular formula is C15H26O. The molecule has 0 aromatic heterocycles. The highest BCUT2D eigenvalue weighted by Gasteiger charge is 2.56. The molecule has 1 nitrogen and oxygen atoms in total. The van der Waals surface area contributed by atoms with Crippen LogP contribution in [0.25, 0.3) is 0 Å². The zero-order valence-electron chi connectivity index (χ0n) is 11.3. The number of rotatable bonds is 0. The van der Waals surface area contributed by atoms with E-state index in [-0.39, 0.29) is 11.2 Å². The van der Waals surface area contributed by atoms with Gasteiger partial charge in [-0.2, -0.15) is 0 Å². The zero-order valence-corrected chi connectivity index (χ0v) is 11.3. The molecule has 0 amide bonds. The van der Waals surface area contributed by atoms with Gasteiger partial charge in [-0.1, -0.05) is 13.3 Å². The van der Waals surface area contributed by atoms with E-state index in [0.29, 0.717) is 0 Å². The summed E-state index contributed by atoms with van der Waals surface area (Å²) in [5.74, 6) is 3.52. The first kappa shape index (κ1) is 11.1. The van der Waals surface area contributed by atoms with E-state index in [1.165, 1.54) is 32.1 Å². The maximum atomic E-state index is 6.55. The Hall–Kier alpha value is -0.0400. The van der Waals surface area contributed by atoms with Crippen molar-refractivity contribution >= 4 is 0 Å². The molecule has 92 valence electrons. The summed E-state index contributed by atoms with van der Waals surface area (Å²) in [5, 5.41) is 0. The van der Waals surface area contributed by atoms with E-state index < -0.39 is 0 Å². The topological polar surface area (TPSA) is 9.23 Å². The molecule has 0 N–H and O–H groups in total. The Balaban J connectivity index is 1.99. The predicted molar refractivity (Wildman–Crippen MR) is 66.3 cm³/mol. The van der Waals surface area contributed by atoms with Crippen LogP contribution in [-0.2, 0) is 4.74 Å². The van der Waals surface area contributed by atoms with E-state index in [0.717, 1.165) is 23.7 Å². The van der Waals surface area contributed by atoms with Gasteiger partial charge in [-0.25, -0.2) is 0 Å². The second kappa shape index (κ2) is 3.25. The van der Waals surface area contributed by atoms with Gasteiger partial charge in [0.15, 0.2) is 0 Å². The summed E-state index contributed by atoms with van der Waals surface area (Å²) >= 11 is 0. The van der Waals surface area contributed by atoms with Gasteiger partial charge in [0, 0.05) is 0 Å². The Labute approximate surface area is 99.9 Å². The second-order valence-corrected chi connectivity index (χ2v) is 7.31. The molecule has 2 aliphatic heterocycles. The molecule has 0 spiro atoms. The molecule has 16 heavy (non-hydrogen) atoms. The average Bonchev–Trinajstić information content (AvgIpc) is 2.41. The first-order valence-corrected chi connectivity index (χ1v) is 7.12. The third-order valence-corrected chi connectivity index (χ3v) is 5.99. The molecule has 0 aromatic carbocycles. The maximum absolute atomic E-state index is 6.55. The smallest absolute Gasteiger partial charge is 0.0692 e. The van der Waals surface area contributed by atoms with E-state index >= 15 is 0 Å². The van der Waals surface area contributed by atoms with E-state index in [4.69, 9.17) is 4.74 Å². The standard InChI is InChI=1S/C15H26O/c1-10-5-6-13-12(10)9-11-7-8-15(13,4)16-14(11,2)3/h10-13H,5-9H2,1-4H3/t10-,11-,12-,13+,15+/m1/s1. The first-order chi connectivity index (χ1) is 7.42. The molecular weight excluding hydrogens is 196 g/mol. The summed E-state index contributed by atoms with van der Waals surface area (Å²) in [7, 11) is 0. The summed E-state index contributed by atoms with van der Waals surface area (Å²) in [6, 6.07) is 0. The minimum Gasteiger partial charge on any atom is -0.369 e. The molecule has 0 unspecified atom stereocenters. The van der Waals surface area contributed by atoms with Crippen molar-refractivity contribution in [3.63, 3.8) is 0 Å². The Morgan fingerprint density at radius 3 is 2.50 bits per heavy atom. The van der Waals surface area contributed by atoms with Crippen molar-refractivity contribution in [1.29, 1.82) is 0 Å². The highest BCUT2D eigenvalue weighted by Crippen LogP contribution is 2.58. The molecule has 2 aliphatic carbocycles. The van der Waals surface area contributed by atoms with Crippen LogP contribution in [0.15, 0.2) is 0 Å². The van der Waals surface area contributed by atoms with Crippen LogP contribution in [0.3, 0.4) is 0 Å². The molecule has 2 saturated heterocycles. The van der Waals surface area contributed by atoms with Crippen molar-refractivity contribution in [1.82, 2.24) is 0 Å². The summed E-state index contributed by atoms with van der Waals surface area (Å²) in [6.45, 7) is 9.50. The SMILES string of the molecule is C[C@@H]1CC[C@H]2[C@@H]1C[C@H]1CC[C@]2(C)OC1(C)C. The fraction of sp³-hybridized carbons (Fsp3) is 1.00. The normalized spacial score (nSPS) is 54.8. The van der Waals surface area contributed by atoms with Gasteiger partial charge in [0.2, 0.25) is 0 Å². The molecule has 2 saturated carbocycles. The van der Waals surface area contributed by atoms with Crippen molar-refractivity contribution < 1.29 is 4.74 Å². The minimum atomic E-state index is 0.122. The van der Waals surface area contributed by atoms with Gasteiger partial charge in [-0.3, -0.25) is 0 Å². The maximum Gasteiger partial charge on any atom is 0.0692 e. The lowest BCUT2D eigenvalue weighted by Crippen LogP contribution is -2.49. The van der Waals surface area contributed by atoms with E-state index in [1.54, 1.807) is 0 Å². The molecule has 4 rings (SSSR count). The monoisotopic (exact) mass is 222 g/mol. The third kappa shape index (κ3) is 1.40. The van der Waals surface area contributed by atoms with Crippen LogP contribution < -0.4 is 0 Å². The molecule has 0 radical (unpaired) electrons. The molecule has 2 bridgehead atoms. The quantitative estimate of drug-likeness (QED) is 0.601. The highest BCUT2D eigenvalue weighted by molar-refractivity contribution is 5.05. The number of hydrogen-bond donors (Lipinski definition) is 0.